The zero-order valence-corrected chi connectivity index (χ0v) is 7.36. The van der Waals surface area contributed by atoms with Gasteiger partial charge in [0.05, 0.1) is 5.02 Å². The fraction of sp³-hybridized carbons (Fsp3) is 0.125. The van der Waals surface area contributed by atoms with Crippen LogP contribution in [0.4, 0.5) is 0 Å². The Morgan fingerprint density at radius 1 is 1.64 bits per heavy atom. The van der Waals surface area contributed by atoms with Crippen molar-refractivity contribution in [2.24, 2.45) is 0 Å². The lowest BCUT2D eigenvalue weighted by Gasteiger charge is -2.02. The SMILES string of the molecule is C=C(CCl)c1ccncc1Cl. The molecule has 0 fully saturated rings. The summed E-state index contributed by atoms with van der Waals surface area (Å²) in [5.74, 6) is 0.393. The van der Waals surface area contributed by atoms with Crippen LogP contribution in [0.25, 0.3) is 5.57 Å². The number of hydrogen-bond acceptors (Lipinski definition) is 1. The average molecular weight is 188 g/mol. The molecule has 1 heterocycles. The summed E-state index contributed by atoms with van der Waals surface area (Å²) in [6, 6.07) is 1.80. The third kappa shape index (κ3) is 1.95. The van der Waals surface area contributed by atoms with Crippen LogP contribution in [-0.4, -0.2) is 10.9 Å². The van der Waals surface area contributed by atoms with Crippen molar-refractivity contribution in [3.05, 3.63) is 35.6 Å². The van der Waals surface area contributed by atoms with E-state index in [2.05, 4.69) is 11.6 Å². The van der Waals surface area contributed by atoms with Gasteiger partial charge < -0.3 is 0 Å². The molecule has 0 aromatic carbocycles. The van der Waals surface area contributed by atoms with Gasteiger partial charge in [0.25, 0.3) is 0 Å². The Balaban J connectivity index is 3.03. The van der Waals surface area contributed by atoms with Crippen LogP contribution in [0.1, 0.15) is 5.56 Å². The fourth-order valence-corrected chi connectivity index (χ4v) is 1.13. The van der Waals surface area contributed by atoms with Crippen LogP contribution >= 0.6 is 23.2 Å². The molecule has 0 aliphatic carbocycles. The lowest BCUT2D eigenvalue weighted by Crippen LogP contribution is -1.85. The van der Waals surface area contributed by atoms with Crippen molar-refractivity contribution in [3.63, 3.8) is 0 Å². The van der Waals surface area contributed by atoms with Gasteiger partial charge in [0, 0.05) is 18.3 Å². The zero-order chi connectivity index (χ0) is 8.27. The van der Waals surface area contributed by atoms with Crippen molar-refractivity contribution in [2.45, 2.75) is 0 Å². The summed E-state index contributed by atoms with van der Waals surface area (Å²) in [7, 11) is 0. The summed E-state index contributed by atoms with van der Waals surface area (Å²) >= 11 is 11.4. The molecule has 0 saturated heterocycles. The number of hydrogen-bond donors (Lipinski definition) is 0. The van der Waals surface area contributed by atoms with Gasteiger partial charge in [0.15, 0.2) is 0 Å². The highest BCUT2D eigenvalue weighted by atomic mass is 35.5. The Morgan fingerprint density at radius 2 is 2.36 bits per heavy atom. The Labute approximate surface area is 75.7 Å². The Morgan fingerprint density at radius 3 is 2.91 bits per heavy atom. The van der Waals surface area contributed by atoms with Gasteiger partial charge >= 0.3 is 0 Å². The van der Waals surface area contributed by atoms with E-state index < -0.39 is 0 Å². The van der Waals surface area contributed by atoms with Crippen LogP contribution in [0, 0.1) is 0 Å². The van der Waals surface area contributed by atoms with Crippen LogP contribution in [0.2, 0.25) is 5.02 Å². The fourth-order valence-electron chi connectivity index (χ4n) is 0.734. The van der Waals surface area contributed by atoms with Crippen molar-refractivity contribution in [2.75, 3.05) is 5.88 Å². The highest BCUT2D eigenvalue weighted by Gasteiger charge is 2.01. The number of alkyl halides is 1. The number of halogens is 2. The first-order valence-corrected chi connectivity index (χ1v) is 4.00. The molecule has 1 aromatic rings. The van der Waals surface area contributed by atoms with Crippen molar-refractivity contribution in [3.8, 4) is 0 Å². The number of rotatable bonds is 2. The summed E-state index contributed by atoms with van der Waals surface area (Å²) in [6.45, 7) is 3.76. The standard InChI is InChI=1S/C8H7Cl2N/c1-6(4-9)7-2-3-11-5-8(7)10/h2-3,5H,1,4H2. The van der Waals surface area contributed by atoms with E-state index in [0.717, 1.165) is 11.1 Å². The molecule has 0 spiro atoms. The van der Waals surface area contributed by atoms with Gasteiger partial charge in [-0.15, -0.1) is 11.6 Å². The van der Waals surface area contributed by atoms with Gasteiger partial charge in [-0.3, -0.25) is 4.98 Å². The topological polar surface area (TPSA) is 12.9 Å². The second kappa shape index (κ2) is 3.74. The summed E-state index contributed by atoms with van der Waals surface area (Å²) in [6.07, 6.45) is 3.24. The van der Waals surface area contributed by atoms with Crippen LogP contribution < -0.4 is 0 Å². The minimum absolute atomic E-state index is 0.393. The van der Waals surface area contributed by atoms with E-state index in [4.69, 9.17) is 23.2 Å². The zero-order valence-electron chi connectivity index (χ0n) is 5.85. The van der Waals surface area contributed by atoms with Crippen molar-refractivity contribution >= 4 is 28.8 Å². The third-order valence-corrected chi connectivity index (χ3v) is 1.94. The van der Waals surface area contributed by atoms with Gasteiger partial charge in [-0.2, -0.15) is 0 Å². The Hall–Kier alpha value is -0.530. The molecule has 1 aromatic heterocycles. The maximum absolute atomic E-state index is 5.82. The quantitative estimate of drug-likeness (QED) is 0.650. The normalized spacial score (nSPS) is 9.64. The van der Waals surface area contributed by atoms with E-state index in [1.54, 1.807) is 18.5 Å². The molecule has 0 bridgehead atoms. The second-order valence-electron chi connectivity index (χ2n) is 2.09. The minimum Gasteiger partial charge on any atom is -0.263 e. The molecule has 0 atom stereocenters. The van der Waals surface area contributed by atoms with E-state index in [0.29, 0.717) is 10.9 Å². The van der Waals surface area contributed by atoms with E-state index in [9.17, 15) is 0 Å². The molecule has 0 aliphatic heterocycles. The molecule has 0 amide bonds. The number of allylic oxidation sites excluding steroid dienone is 1. The monoisotopic (exact) mass is 187 g/mol. The molecule has 0 radical (unpaired) electrons. The molecule has 1 rings (SSSR count). The first-order chi connectivity index (χ1) is 5.25. The van der Waals surface area contributed by atoms with Gasteiger partial charge in [0.2, 0.25) is 0 Å². The van der Waals surface area contributed by atoms with Crippen LogP contribution in [0.5, 0.6) is 0 Å². The van der Waals surface area contributed by atoms with Gasteiger partial charge in [0.1, 0.15) is 0 Å². The summed E-state index contributed by atoms with van der Waals surface area (Å²) in [5.41, 5.74) is 1.69. The van der Waals surface area contributed by atoms with E-state index in [1.165, 1.54) is 0 Å². The first kappa shape index (κ1) is 8.57. The number of pyridine rings is 1. The molecule has 1 nitrogen and oxygen atoms in total. The van der Waals surface area contributed by atoms with E-state index in [-0.39, 0.29) is 0 Å². The maximum atomic E-state index is 5.82. The Bertz CT molecular complexity index is 271. The lowest BCUT2D eigenvalue weighted by molar-refractivity contribution is 1.31. The van der Waals surface area contributed by atoms with Gasteiger partial charge in [-0.1, -0.05) is 18.2 Å². The molecule has 0 N–H and O–H groups in total. The van der Waals surface area contributed by atoms with Crippen LogP contribution in [0.3, 0.4) is 0 Å². The maximum Gasteiger partial charge on any atom is 0.0664 e. The minimum atomic E-state index is 0.393. The van der Waals surface area contributed by atoms with E-state index in [1.807, 2.05) is 0 Å². The number of aromatic nitrogens is 1. The molecule has 0 aliphatic rings. The van der Waals surface area contributed by atoms with E-state index >= 15 is 0 Å². The highest BCUT2D eigenvalue weighted by molar-refractivity contribution is 6.33. The highest BCUT2D eigenvalue weighted by Crippen LogP contribution is 2.21. The van der Waals surface area contributed by atoms with Crippen LogP contribution in [0.15, 0.2) is 25.0 Å². The largest absolute Gasteiger partial charge is 0.263 e. The number of nitrogens with zero attached hydrogens (tertiary/aromatic N) is 1. The smallest absolute Gasteiger partial charge is 0.0664 e. The predicted molar refractivity (Wildman–Crippen MR) is 49.0 cm³/mol. The molecule has 0 unspecified atom stereocenters. The lowest BCUT2D eigenvalue weighted by atomic mass is 10.1. The first-order valence-electron chi connectivity index (χ1n) is 3.09. The third-order valence-electron chi connectivity index (χ3n) is 1.31. The second-order valence-corrected chi connectivity index (χ2v) is 2.77. The molecule has 0 saturated carbocycles. The van der Waals surface area contributed by atoms with Gasteiger partial charge in [-0.25, -0.2) is 0 Å². The predicted octanol–water partition coefficient (Wildman–Crippen LogP) is 2.99. The van der Waals surface area contributed by atoms with Gasteiger partial charge in [-0.05, 0) is 17.2 Å². The summed E-state index contributed by atoms with van der Waals surface area (Å²) in [4.78, 5) is 3.85. The average Bonchev–Trinajstić information content (AvgIpc) is 2.04. The Kier molecular flexibility index (Phi) is 2.92. The molecule has 11 heavy (non-hydrogen) atoms. The summed E-state index contributed by atoms with van der Waals surface area (Å²) < 4.78 is 0. The summed E-state index contributed by atoms with van der Waals surface area (Å²) in [5, 5.41) is 0.596. The molecule has 58 valence electrons. The molecular weight excluding hydrogens is 181 g/mol. The van der Waals surface area contributed by atoms with Crippen molar-refractivity contribution in [1.29, 1.82) is 0 Å². The van der Waals surface area contributed by atoms with Crippen LogP contribution in [-0.2, 0) is 0 Å². The molecular formula is C8H7Cl2N. The van der Waals surface area contributed by atoms with Crippen molar-refractivity contribution in [1.82, 2.24) is 4.98 Å². The molecule has 3 heteroatoms. The van der Waals surface area contributed by atoms with Crippen molar-refractivity contribution < 1.29 is 0 Å².